The van der Waals surface area contributed by atoms with Gasteiger partial charge in [-0.15, -0.1) is 0 Å². The predicted molar refractivity (Wildman–Crippen MR) is 69.7 cm³/mol. The number of aliphatic carboxylic acids is 1. The lowest BCUT2D eigenvalue weighted by atomic mass is 9.80. The van der Waals surface area contributed by atoms with E-state index < -0.39 is 5.97 Å². The summed E-state index contributed by atoms with van der Waals surface area (Å²) in [7, 11) is 0. The molecule has 0 spiro atoms. The van der Waals surface area contributed by atoms with Crippen LogP contribution in [-0.2, 0) is 14.3 Å². The molecule has 1 saturated carbocycles. The van der Waals surface area contributed by atoms with Crippen LogP contribution in [0.5, 0.6) is 0 Å². The Morgan fingerprint density at radius 3 is 2.58 bits per heavy atom. The lowest BCUT2D eigenvalue weighted by molar-refractivity contribution is -0.151. The molecule has 2 rings (SSSR count). The third-order valence-corrected chi connectivity index (χ3v) is 4.26. The van der Waals surface area contributed by atoms with Gasteiger partial charge in [-0.2, -0.15) is 0 Å². The highest BCUT2D eigenvalue weighted by molar-refractivity contribution is 5.80. The van der Waals surface area contributed by atoms with Gasteiger partial charge in [0.2, 0.25) is 5.91 Å². The maximum atomic E-state index is 12.6. The normalized spacial score (nSPS) is 36.0. The van der Waals surface area contributed by atoms with Crippen molar-refractivity contribution in [3.8, 4) is 0 Å². The molecule has 5 nitrogen and oxygen atoms in total. The Balaban J connectivity index is 2.00. The van der Waals surface area contributed by atoms with E-state index in [0.717, 1.165) is 12.8 Å². The topological polar surface area (TPSA) is 66.8 Å². The summed E-state index contributed by atoms with van der Waals surface area (Å²) < 4.78 is 5.53. The van der Waals surface area contributed by atoms with Gasteiger partial charge in [0.05, 0.1) is 24.7 Å². The number of rotatable bonds is 2. The van der Waals surface area contributed by atoms with E-state index in [1.807, 2.05) is 18.7 Å². The first-order valence-electron chi connectivity index (χ1n) is 7.14. The Morgan fingerprint density at radius 1 is 1.21 bits per heavy atom. The van der Waals surface area contributed by atoms with Gasteiger partial charge in [0, 0.05) is 12.5 Å². The summed E-state index contributed by atoms with van der Waals surface area (Å²) in [6.07, 6.45) is 2.92. The van der Waals surface area contributed by atoms with Crippen LogP contribution in [0, 0.1) is 11.8 Å². The second kappa shape index (κ2) is 5.90. The zero-order valence-electron chi connectivity index (χ0n) is 11.7. The van der Waals surface area contributed by atoms with Crippen molar-refractivity contribution in [1.29, 1.82) is 0 Å². The molecular weight excluding hydrogens is 246 g/mol. The summed E-state index contributed by atoms with van der Waals surface area (Å²) in [5.41, 5.74) is 0. The molecule has 2 fully saturated rings. The zero-order valence-corrected chi connectivity index (χ0v) is 11.7. The SMILES string of the molecule is C[C@@H]1CN(C(=O)[C@@H]2CCC[C@H](C(=O)O)C2)[C@H](C)CO1. The summed E-state index contributed by atoms with van der Waals surface area (Å²) in [4.78, 5) is 25.5. The van der Waals surface area contributed by atoms with E-state index in [4.69, 9.17) is 9.84 Å². The van der Waals surface area contributed by atoms with E-state index in [-0.39, 0.29) is 29.9 Å². The van der Waals surface area contributed by atoms with E-state index in [9.17, 15) is 9.59 Å². The number of hydrogen-bond acceptors (Lipinski definition) is 3. The minimum absolute atomic E-state index is 0.0685. The van der Waals surface area contributed by atoms with Crippen molar-refractivity contribution in [2.24, 2.45) is 11.8 Å². The number of carbonyl (C=O) groups is 2. The van der Waals surface area contributed by atoms with Gasteiger partial charge in [-0.3, -0.25) is 9.59 Å². The van der Waals surface area contributed by atoms with Crippen molar-refractivity contribution in [2.45, 2.75) is 51.7 Å². The molecule has 4 atom stereocenters. The van der Waals surface area contributed by atoms with Gasteiger partial charge >= 0.3 is 5.97 Å². The molecule has 2 aliphatic rings. The van der Waals surface area contributed by atoms with Crippen LogP contribution in [0.1, 0.15) is 39.5 Å². The minimum atomic E-state index is -0.763. The number of carboxylic acids is 1. The van der Waals surface area contributed by atoms with Gasteiger partial charge in [-0.1, -0.05) is 6.42 Å². The molecule has 1 aliphatic heterocycles. The number of carboxylic acid groups (broad SMARTS) is 1. The van der Waals surface area contributed by atoms with Gasteiger partial charge in [0.25, 0.3) is 0 Å². The lowest BCUT2D eigenvalue weighted by Gasteiger charge is -2.40. The predicted octanol–water partition coefficient (Wildman–Crippen LogP) is 1.51. The maximum Gasteiger partial charge on any atom is 0.306 e. The van der Waals surface area contributed by atoms with E-state index in [0.29, 0.717) is 26.0 Å². The first-order chi connectivity index (χ1) is 8.99. The number of amides is 1. The Morgan fingerprint density at radius 2 is 1.89 bits per heavy atom. The van der Waals surface area contributed by atoms with Gasteiger partial charge in [-0.25, -0.2) is 0 Å². The van der Waals surface area contributed by atoms with Crippen molar-refractivity contribution in [2.75, 3.05) is 13.2 Å². The Kier molecular flexibility index (Phi) is 4.45. The smallest absolute Gasteiger partial charge is 0.306 e. The molecule has 1 heterocycles. The summed E-state index contributed by atoms with van der Waals surface area (Å²) in [6, 6.07) is 0.0916. The second-order valence-electron chi connectivity index (χ2n) is 5.88. The van der Waals surface area contributed by atoms with Gasteiger partial charge in [-0.05, 0) is 33.1 Å². The molecule has 0 unspecified atom stereocenters. The molecule has 1 saturated heterocycles. The van der Waals surface area contributed by atoms with Crippen LogP contribution in [0.4, 0.5) is 0 Å². The molecule has 1 N–H and O–H groups in total. The van der Waals surface area contributed by atoms with Crippen molar-refractivity contribution >= 4 is 11.9 Å². The van der Waals surface area contributed by atoms with Crippen LogP contribution >= 0.6 is 0 Å². The Hall–Kier alpha value is -1.10. The zero-order chi connectivity index (χ0) is 14.0. The molecule has 0 bridgehead atoms. The van der Waals surface area contributed by atoms with Crippen molar-refractivity contribution in [3.63, 3.8) is 0 Å². The highest BCUT2D eigenvalue weighted by Crippen LogP contribution is 2.31. The first kappa shape index (κ1) is 14.3. The standard InChI is InChI=1S/C14H23NO4/c1-9-8-19-10(2)7-15(9)13(16)11-4-3-5-12(6-11)14(17)18/h9-12H,3-8H2,1-2H3,(H,17,18)/t9-,10-,11-,12+/m1/s1. The van der Waals surface area contributed by atoms with Gasteiger partial charge in [0.1, 0.15) is 0 Å². The highest BCUT2D eigenvalue weighted by atomic mass is 16.5. The fourth-order valence-corrected chi connectivity index (χ4v) is 3.08. The third-order valence-electron chi connectivity index (χ3n) is 4.26. The molecule has 1 amide bonds. The van der Waals surface area contributed by atoms with Crippen LogP contribution in [0.15, 0.2) is 0 Å². The van der Waals surface area contributed by atoms with E-state index in [1.165, 1.54) is 0 Å². The highest BCUT2D eigenvalue weighted by Gasteiger charge is 2.36. The lowest BCUT2D eigenvalue weighted by Crippen LogP contribution is -2.52. The summed E-state index contributed by atoms with van der Waals surface area (Å²) in [5, 5.41) is 9.10. The van der Waals surface area contributed by atoms with Crippen LogP contribution in [-0.4, -0.2) is 47.2 Å². The molecule has 19 heavy (non-hydrogen) atoms. The van der Waals surface area contributed by atoms with Crippen molar-refractivity contribution in [3.05, 3.63) is 0 Å². The van der Waals surface area contributed by atoms with E-state index in [2.05, 4.69) is 0 Å². The summed E-state index contributed by atoms with van der Waals surface area (Å²) in [5.74, 6) is -1.12. The molecule has 5 heteroatoms. The van der Waals surface area contributed by atoms with Crippen LogP contribution < -0.4 is 0 Å². The monoisotopic (exact) mass is 269 g/mol. The Labute approximate surface area is 113 Å². The Bertz CT molecular complexity index is 357. The fourth-order valence-electron chi connectivity index (χ4n) is 3.08. The number of carbonyl (C=O) groups excluding carboxylic acids is 1. The van der Waals surface area contributed by atoms with E-state index in [1.54, 1.807) is 0 Å². The average molecular weight is 269 g/mol. The van der Waals surface area contributed by atoms with Crippen LogP contribution in [0.25, 0.3) is 0 Å². The minimum Gasteiger partial charge on any atom is -0.481 e. The van der Waals surface area contributed by atoms with Gasteiger partial charge in [0.15, 0.2) is 0 Å². The molecular formula is C14H23NO4. The number of hydrogen-bond donors (Lipinski definition) is 1. The fraction of sp³-hybridized carbons (Fsp3) is 0.857. The summed E-state index contributed by atoms with van der Waals surface area (Å²) in [6.45, 7) is 5.14. The molecule has 1 aliphatic carbocycles. The molecule has 0 radical (unpaired) electrons. The third kappa shape index (κ3) is 3.26. The van der Waals surface area contributed by atoms with E-state index >= 15 is 0 Å². The molecule has 0 aromatic heterocycles. The van der Waals surface area contributed by atoms with Crippen LogP contribution in [0.3, 0.4) is 0 Å². The molecule has 0 aromatic rings. The quantitative estimate of drug-likeness (QED) is 0.825. The molecule has 0 aromatic carbocycles. The number of ether oxygens (including phenoxy) is 1. The first-order valence-corrected chi connectivity index (χ1v) is 7.14. The largest absolute Gasteiger partial charge is 0.481 e. The van der Waals surface area contributed by atoms with Crippen molar-refractivity contribution < 1.29 is 19.4 Å². The number of morpholine rings is 1. The summed E-state index contributed by atoms with van der Waals surface area (Å²) >= 11 is 0. The molecule has 108 valence electrons. The van der Waals surface area contributed by atoms with Crippen LogP contribution in [0.2, 0.25) is 0 Å². The van der Waals surface area contributed by atoms with Crippen molar-refractivity contribution in [1.82, 2.24) is 4.90 Å². The number of nitrogens with zero attached hydrogens (tertiary/aromatic N) is 1. The maximum absolute atomic E-state index is 12.6. The second-order valence-corrected chi connectivity index (χ2v) is 5.88. The average Bonchev–Trinajstić information content (AvgIpc) is 2.41. The van der Waals surface area contributed by atoms with Gasteiger partial charge < -0.3 is 14.7 Å².